The number of hydrogen-bond acceptors (Lipinski definition) is 1. The number of aryl methyl sites for hydroxylation is 1. The van der Waals surface area contributed by atoms with E-state index in [-0.39, 0.29) is 29.0 Å². The minimum atomic E-state index is -0.865. The van der Waals surface area contributed by atoms with Crippen molar-refractivity contribution in [2.45, 2.75) is 38.7 Å². The van der Waals surface area contributed by atoms with Crippen molar-refractivity contribution in [1.82, 2.24) is 0 Å². The molecule has 0 aliphatic heterocycles. The minimum absolute atomic E-state index is 0.0851. The maximum atomic E-state index is 15.0. The Labute approximate surface area is 199 Å². The van der Waals surface area contributed by atoms with E-state index in [0.29, 0.717) is 24.2 Å². The topological polar surface area (TPSA) is 9.23 Å². The van der Waals surface area contributed by atoms with E-state index in [9.17, 15) is 13.2 Å². The third kappa shape index (κ3) is 5.34. The van der Waals surface area contributed by atoms with Gasteiger partial charge in [-0.3, -0.25) is 0 Å². The fourth-order valence-corrected chi connectivity index (χ4v) is 4.51. The van der Waals surface area contributed by atoms with Crippen molar-refractivity contribution >= 4 is 6.08 Å². The smallest absolute Gasteiger partial charge is 0.167 e. The highest BCUT2D eigenvalue weighted by Crippen LogP contribution is 2.33. The maximum Gasteiger partial charge on any atom is 0.167 e. The molecule has 34 heavy (non-hydrogen) atoms. The van der Waals surface area contributed by atoms with Gasteiger partial charge in [-0.2, -0.15) is 0 Å². The number of rotatable bonds is 8. The van der Waals surface area contributed by atoms with Gasteiger partial charge in [0.1, 0.15) is 5.83 Å². The molecule has 0 amide bonds. The van der Waals surface area contributed by atoms with Crippen molar-refractivity contribution < 1.29 is 17.9 Å². The van der Waals surface area contributed by atoms with Gasteiger partial charge < -0.3 is 4.74 Å². The van der Waals surface area contributed by atoms with Crippen LogP contribution in [0.5, 0.6) is 0 Å². The van der Waals surface area contributed by atoms with Crippen LogP contribution in [-0.4, -0.2) is 12.7 Å². The maximum absolute atomic E-state index is 15.0. The van der Waals surface area contributed by atoms with Crippen LogP contribution in [0.1, 0.15) is 37.3 Å². The van der Waals surface area contributed by atoms with Gasteiger partial charge >= 0.3 is 0 Å². The molecule has 4 rings (SSSR count). The van der Waals surface area contributed by atoms with Gasteiger partial charge in [0.25, 0.3) is 0 Å². The fourth-order valence-electron chi connectivity index (χ4n) is 4.51. The summed E-state index contributed by atoms with van der Waals surface area (Å²) >= 11 is 0. The predicted octanol–water partition coefficient (Wildman–Crippen LogP) is 8.54. The lowest BCUT2D eigenvalue weighted by molar-refractivity contribution is 0.0758. The third-order valence-corrected chi connectivity index (χ3v) is 6.50. The molecule has 1 nitrogen and oxygen atoms in total. The summed E-state index contributed by atoms with van der Waals surface area (Å²) in [6.45, 7) is 6.21. The van der Waals surface area contributed by atoms with Gasteiger partial charge in [0.05, 0.1) is 6.10 Å². The average molecular weight is 463 g/mol. The average Bonchev–Trinajstić information content (AvgIpc) is 2.86. The number of ether oxygens (including phenoxy) is 1. The Hall–Kier alpha value is -3.11. The van der Waals surface area contributed by atoms with Crippen LogP contribution in [0, 0.1) is 17.6 Å². The molecule has 0 spiro atoms. The van der Waals surface area contributed by atoms with Crippen molar-refractivity contribution in [2.75, 3.05) is 6.61 Å². The summed E-state index contributed by atoms with van der Waals surface area (Å²) in [6, 6.07) is 17.8. The molecular formula is C30H29F3O. The van der Waals surface area contributed by atoms with Crippen molar-refractivity contribution in [3.63, 3.8) is 0 Å². The van der Waals surface area contributed by atoms with Gasteiger partial charge in [0.2, 0.25) is 0 Å². The van der Waals surface area contributed by atoms with Gasteiger partial charge in [0, 0.05) is 23.7 Å². The van der Waals surface area contributed by atoms with E-state index < -0.39 is 11.6 Å². The molecule has 0 heterocycles. The Morgan fingerprint density at radius 2 is 1.44 bits per heavy atom. The highest BCUT2D eigenvalue weighted by Gasteiger charge is 2.23. The first-order valence-electron chi connectivity index (χ1n) is 11.8. The SMILES string of the molecule is C=Cc1ccc(-c2ccc(-c3ccc(CCC4CCC(OCC)C=C4F)cc3)c(F)c2F)cc1. The molecule has 0 N–H and O–H groups in total. The molecule has 3 aromatic carbocycles. The van der Waals surface area contributed by atoms with Crippen molar-refractivity contribution in [2.24, 2.45) is 5.92 Å². The standard InChI is InChI=1S/C30H29F3O/c1-3-20-5-10-22(11-6-20)26-17-18-27(30(33)29(26)32)23-12-7-21(8-13-23)9-14-24-15-16-25(34-4-2)19-28(24)31/h3,5-8,10-13,17-19,24-25H,1,4,9,14-16H2,2H3. The van der Waals surface area contributed by atoms with E-state index in [0.717, 1.165) is 30.4 Å². The zero-order valence-corrected chi connectivity index (χ0v) is 19.4. The Bertz CT molecular complexity index is 1160. The van der Waals surface area contributed by atoms with Crippen molar-refractivity contribution in [3.8, 4) is 22.3 Å². The lowest BCUT2D eigenvalue weighted by atomic mass is 9.88. The van der Waals surface area contributed by atoms with E-state index >= 15 is 0 Å². The molecule has 3 aromatic rings. The molecule has 176 valence electrons. The predicted molar refractivity (Wildman–Crippen MR) is 133 cm³/mol. The lowest BCUT2D eigenvalue weighted by Gasteiger charge is -2.24. The molecule has 2 unspecified atom stereocenters. The Morgan fingerprint density at radius 3 is 1.97 bits per heavy atom. The minimum Gasteiger partial charge on any atom is -0.374 e. The van der Waals surface area contributed by atoms with Crippen molar-refractivity contribution in [1.29, 1.82) is 0 Å². The first-order valence-corrected chi connectivity index (χ1v) is 11.8. The monoisotopic (exact) mass is 462 g/mol. The summed E-state index contributed by atoms with van der Waals surface area (Å²) in [7, 11) is 0. The summed E-state index contributed by atoms with van der Waals surface area (Å²) in [5.41, 5.74) is 3.63. The summed E-state index contributed by atoms with van der Waals surface area (Å²) in [6.07, 6.45) is 6.24. The van der Waals surface area contributed by atoms with Crippen LogP contribution in [-0.2, 0) is 11.2 Å². The zero-order chi connectivity index (χ0) is 24.1. The molecule has 2 atom stereocenters. The molecule has 0 aromatic heterocycles. The normalized spacial score (nSPS) is 17.9. The van der Waals surface area contributed by atoms with Gasteiger partial charge in [0.15, 0.2) is 11.6 Å². The van der Waals surface area contributed by atoms with Crippen LogP contribution >= 0.6 is 0 Å². The van der Waals surface area contributed by atoms with Crippen LogP contribution in [0.4, 0.5) is 13.2 Å². The van der Waals surface area contributed by atoms with Crippen molar-refractivity contribution in [3.05, 3.63) is 102 Å². The molecule has 0 saturated heterocycles. The Balaban J connectivity index is 1.45. The van der Waals surface area contributed by atoms with Crippen LogP contribution in [0.2, 0.25) is 0 Å². The second kappa shape index (κ2) is 10.9. The second-order valence-electron chi connectivity index (χ2n) is 8.67. The zero-order valence-electron chi connectivity index (χ0n) is 19.4. The molecule has 4 heteroatoms. The van der Waals surface area contributed by atoms with E-state index in [4.69, 9.17) is 4.74 Å². The molecule has 1 aliphatic carbocycles. The van der Waals surface area contributed by atoms with Crippen LogP contribution in [0.25, 0.3) is 28.3 Å². The molecule has 0 fully saturated rings. The van der Waals surface area contributed by atoms with Gasteiger partial charge in [-0.05, 0) is 60.9 Å². The molecule has 0 radical (unpaired) electrons. The molecule has 1 aliphatic rings. The summed E-state index contributed by atoms with van der Waals surface area (Å²) in [4.78, 5) is 0. The molecule has 0 bridgehead atoms. The van der Waals surface area contributed by atoms with E-state index in [1.807, 2.05) is 31.2 Å². The Kier molecular flexibility index (Phi) is 7.69. The van der Waals surface area contributed by atoms with E-state index in [1.54, 1.807) is 48.6 Å². The van der Waals surface area contributed by atoms with E-state index in [2.05, 4.69) is 6.58 Å². The first-order chi connectivity index (χ1) is 16.5. The van der Waals surface area contributed by atoms with Gasteiger partial charge in [-0.1, -0.05) is 73.3 Å². The second-order valence-corrected chi connectivity index (χ2v) is 8.67. The Morgan fingerprint density at radius 1 is 0.853 bits per heavy atom. The van der Waals surface area contributed by atoms with Gasteiger partial charge in [-0.15, -0.1) is 0 Å². The van der Waals surface area contributed by atoms with Crippen LogP contribution < -0.4 is 0 Å². The first kappa shape index (κ1) is 24.0. The summed E-state index contributed by atoms with van der Waals surface area (Å²) < 4.78 is 49.7. The number of hydrogen-bond donors (Lipinski definition) is 0. The van der Waals surface area contributed by atoms with Gasteiger partial charge in [-0.25, -0.2) is 13.2 Å². The van der Waals surface area contributed by atoms with Crippen LogP contribution in [0.15, 0.2) is 79.1 Å². The third-order valence-electron chi connectivity index (χ3n) is 6.50. The fraction of sp³-hybridized carbons (Fsp3) is 0.267. The highest BCUT2D eigenvalue weighted by atomic mass is 19.2. The highest BCUT2D eigenvalue weighted by molar-refractivity contribution is 5.72. The van der Waals surface area contributed by atoms with Crippen LogP contribution in [0.3, 0.4) is 0 Å². The molecular weight excluding hydrogens is 433 g/mol. The molecule has 0 saturated carbocycles. The number of allylic oxidation sites excluding steroid dienone is 1. The van der Waals surface area contributed by atoms with E-state index in [1.165, 1.54) is 0 Å². The summed E-state index contributed by atoms with van der Waals surface area (Å²) in [5.74, 6) is -1.90. The largest absolute Gasteiger partial charge is 0.374 e. The summed E-state index contributed by atoms with van der Waals surface area (Å²) in [5, 5.41) is 0. The number of halogens is 3. The lowest BCUT2D eigenvalue weighted by Crippen LogP contribution is -2.19. The number of benzene rings is 3. The quantitative estimate of drug-likeness (QED) is 0.326.